The van der Waals surface area contributed by atoms with Crippen LogP contribution in [0.3, 0.4) is 0 Å². The van der Waals surface area contributed by atoms with Crippen LogP contribution in [0.4, 0.5) is 0 Å². The Balaban J connectivity index is 1.94. The van der Waals surface area contributed by atoms with Crippen LogP contribution in [0.15, 0.2) is 38.8 Å². The third-order valence-corrected chi connectivity index (χ3v) is 4.20. The Kier molecular flexibility index (Phi) is 3.11. The largest absolute Gasteiger partial charge is 0.365 e. The molecule has 2 N–H and O–H groups in total. The summed E-state index contributed by atoms with van der Waals surface area (Å²) in [4.78, 5) is 8.97. The van der Waals surface area contributed by atoms with Gasteiger partial charge in [0.25, 0.3) is 0 Å². The number of hydrogen-bond donors (Lipinski definition) is 2. The van der Waals surface area contributed by atoms with Gasteiger partial charge in [-0.25, -0.2) is 0 Å². The Morgan fingerprint density at radius 1 is 1.35 bits per heavy atom. The highest BCUT2D eigenvalue weighted by Gasteiger charge is 2.10. The molecule has 0 saturated heterocycles. The SMILES string of the molecule is Brc1ccc2[nH]cc(SC3=NCCCN3)c2c1. The Bertz CT molecular complexity index is 576. The molecule has 1 aromatic heterocycles. The zero-order chi connectivity index (χ0) is 11.7. The number of hydrogen-bond acceptors (Lipinski definition) is 3. The first-order valence-electron chi connectivity index (χ1n) is 5.56. The lowest BCUT2D eigenvalue weighted by Gasteiger charge is -2.13. The lowest BCUT2D eigenvalue weighted by Crippen LogP contribution is -2.26. The molecule has 0 saturated carbocycles. The van der Waals surface area contributed by atoms with Crippen LogP contribution in [0.5, 0.6) is 0 Å². The molecule has 2 aromatic rings. The Labute approximate surface area is 112 Å². The first kappa shape index (κ1) is 11.2. The van der Waals surface area contributed by atoms with Crippen molar-refractivity contribution < 1.29 is 0 Å². The van der Waals surface area contributed by atoms with E-state index in [1.54, 1.807) is 11.8 Å². The van der Waals surface area contributed by atoms with E-state index in [1.807, 2.05) is 12.3 Å². The molecule has 0 spiro atoms. The number of benzene rings is 1. The number of nitrogens with zero attached hydrogens (tertiary/aromatic N) is 1. The summed E-state index contributed by atoms with van der Waals surface area (Å²) < 4.78 is 1.10. The molecule has 2 heterocycles. The first-order chi connectivity index (χ1) is 8.33. The summed E-state index contributed by atoms with van der Waals surface area (Å²) in [7, 11) is 0. The molecule has 0 aliphatic carbocycles. The van der Waals surface area contributed by atoms with Gasteiger partial charge in [0.15, 0.2) is 5.17 Å². The number of aromatic nitrogens is 1. The fourth-order valence-corrected chi connectivity index (χ4v) is 3.13. The number of halogens is 1. The number of rotatable bonds is 1. The monoisotopic (exact) mass is 309 g/mol. The summed E-state index contributed by atoms with van der Waals surface area (Å²) in [5.41, 5.74) is 1.16. The highest BCUT2D eigenvalue weighted by Crippen LogP contribution is 2.30. The number of nitrogens with one attached hydrogen (secondary N) is 2. The minimum Gasteiger partial charge on any atom is -0.365 e. The van der Waals surface area contributed by atoms with Gasteiger partial charge in [0.1, 0.15) is 0 Å². The Hall–Kier alpha value is -0.940. The van der Waals surface area contributed by atoms with E-state index in [0.717, 1.165) is 34.7 Å². The second kappa shape index (κ2) is 4.74. The molecule has 1 aromatic carbocycles. The molecular formula is C12H12BrN3S. The van der Waals surface area contributed by atoms with Crippen molar-refractivity contribution in [3.8, 4) is 0 Å². The summed E-state index contributed by atoms with van der Waals surface area (Å²) >= 11 is 5.20. The Morgan fingerprint density at radius 3 is 3.12 bits per heavy atom. The van der Waals surface area contributed by atoms with Crippen molar-refractivity contribution in [2.24, 2.45) is 4.99 Å². The predicted molar refractivity (Wildman–Crippen MR) is 76.8 cm³/mol. The van der Waals surface area contributed by atoms with Gasteiger partial charge in [-0.2, -0.15) is 0 Å². The molecule has 0 amide bonds. The zero-order valence-corrected chi connectivity index (χ0v) is 11.6. The van der Waals surface area contributed by atoms with Crippen molar-refractivity contribution in [1.29, 1.82) is 0 Å². The molecule has 0 unspecified atom stereocenters. The fourth-order valence-electron chi connectivity index (χ4n) is 1.84. The number of aromatic amines is 1. The first-order valence-corrected chi connectivity index (χ1v) is 7.17. The van der Waals surface area contributed by atoms with Gasteiger partial charge in [0, 0.05) is 39.6 Å². The standard InChI is InChI=1S/C12H12BrN3S/c13-8-2-3-10-9(6-8)11(7-16-10)17-12-14-4-1-5-15-12/h2-3,6-7,16H,1,4-5H2,(H,14,15). The van der Waals surface area contributed by atoms with Crippen LogP contribution >= 0.6 is 27.7 Å². The zero-order valence-electron chi connectivity index (χ0n) is 9.16. The van der Waals surface area contributed by atoms with E-state index < -0.39 is 0 Å². The molecule has 3 rings (SSSR count). The average molecular weight is 310 g/mol. The van der Waals surface area contributed by atoms with Crippen LogP contribution in [0.2, 0.25) is 0 Å². The van der Waals surface area contributed by atoms with Crippen molar-refractivity contribution >= 4 is 43.8 Å². The van der Waals surface area contributed by atoms with Crippen molar-refractivity contribution in [3.63, 3.8) is 0 Å². The van der Waals surface area contributed by atoms with Crippen LogP contribution in [0.25, 0.3) is 10.9 Å². The predicted octanol–water partition coefficient (Wildman–Crippen LogP) is 3.37. The van der Waals surface area contributed by atoms with Gasteiger partial charge in [-0.1, -0.05) is 27.7 Å². The molecule has 5 heteroatoms. The van der Waals surface area contributed by atoms with Gasteiger partial charge in [-0.15, -0.1) is 0 Å². The number of aliphatic imine (C=N–C) groups is 1. The van der Waals surface area contributed by atoms with Gasteiger partial charge in [0.2, 0.25) is 0 Å². The molecule has 3 nitrogen and oxygen atoms in total. The van der Waals surface area contributed by atoms with E-state index in [9.17, 15) is 0 Å². The lowest BCUT2D eigenvalue weighted by molar-refractivity contribution is 0.751. The smallest absolute Gasteiger partial charge is 0.161 e. The van der Waals surface area contributed by atoms with E-state index in [1.165, 1.54) is 10.3 Å². The summed E-state index contributed by atoms with van der Waals surface area (Å²) in [5.74, 6) is 0. The van der Waals surface area contributed by atoms with Crippen molar-refractivity contribution in [1.82, 2.24) is 10.3 Å². The summed E-state index contributed by atoms with van der Waals surface area (Å²) in [6, 6.07) is 6.26. The van der Waals surface area contributed by atoms with Crippen molar-refractivity contribution in [2.75, 3.05) is 13.1 Å². The quantitative estimate of drug-likeness (QED) is 0.848. The Morgan fingerprint density at radius 2 is 2.29 bits per heavy atom. The van der Waals surface area contributed by atoms with E-state index in [2.05, 4.69) is 43.4 Å². The van der Waals surface area contributed by atoms with Gasteiger partial charge in [-0.3, -0.25) is 4.99 Å². The fraction of sp³-hybridized carbons (Fsp3) is 0.250. The second-order valence-corrected chi connectivity index (χ2v) is 5.86. The molecule has 88 valence electrons. The minimum absolute atomic E-state index is 0.932. The van der Waals surface area contributed by atoms with E-state index in [0.29, 0.717) is 0 Å². The maximum atomic E-state index is 4.48. The van der Waals surface area contributed by atoms with Crippen LogP contribution in [-0.4, -0.2) is 23.2 Å². The maximum absolute atomic E-state index is 4.48. The van der Waals surface area contributed by atoms with Crippen molar-refractivity contribution in [2.45, 2.75) is 11.3 Å². The van der Waals surface area contributed by atoms with Gasteiger partial charge in [-0.05, 0) is 24.6 Å². The minimum atomic E-state index is 0.932. The van der Waals surface area contributed by atoms with Crippen molar-refractivity contribution in [3.05, 3.63) is 28.9 Å². The molecule has 0 radical (unpaired) electrons. The summed E-state index contributed by atoms with van der Waals surface area (Å²) in [6.07, 6.45) is 3.17. The summed E-state index contributed by atoms with van der Waals surface area (Å²) in [6.45, 7) is 1.96. The third-order valence-electron chi connectivity index (χ3n) is 2.68. The average Bonchev–Trinajstić information content (AvgIpc) is 2.73. The normalized spacial score (nSPS) is 15.7. The van der Waals surface area contributed by atoms with Crippen LogP contribution < -0.4 is 5.32 Å². The molecular weight excluding hydrogens is 298 g/mol. The molecule has 0 atom stereocenters. The van der Waals surface area contributed by atoms with E-state index in [4.69, 9.17) is 0 Å². The highest BCUT2D eigenvalue weighted by atomic mass is 79.9. The van der Waals surface area contributed by atoms with Crippen LogP contribution in [0.1, 0.15) is 6.42 Å². The molecule has 0 bridgehead atoms. The van der Waals surface area contributed by atoms with Gasteiger partial charge < -0.3 is 10.3 Å². The summed E-state index contributed by atoms with van der Waals surface area (Å²) in [5, 5.41) is 5.58. The molecule has 1 aliphatic rings. The highest BCUT2D eigenvalue weighted by molar-refractivity contribution is 9.10. The topological polar surface area (TPSA) is 40.2 Å². The second-order valence-electron chi connectivity index (χ2n) is 3.91. The number of H-pyrrole nitrogens is 1. The molecule has 0 fully saturated rings. The van der Waals surface area contributed by atoms with Gasteiger partial charge in [0.05, 0.1) is 0 Å². The number of fused-ring (bicyclic) bond motifs is 1. The lowest BCUT2D eigenvalue weighted by atomic mass is 10.2. The number of thioether (sulfide) groups is 1. The van der Waals surface area contributed by atoms with E-state index >= 15 is 0 Å². The molecule has 1 aliphatic heterocycles. The molecule has 17 heavy (non-hydrogen) atoms. The van der Waals surface area contributed by atoms with E-state index in [-0.39, 0.29) is 0 Å². The number of amidine groups is 1. The van der Waals surface area contributed by atoms with Gasteiger partial charge >= 0.3 is 0 Å². The third kappa shape index (κ3) is 2.35. The van der Waals surface area contributed by atoms with Crippen LogP contribution in [-0.2, 0) is 0 Å². The maximum Gasteiger partial charge on any atom is 0.161 e. The van der Waals surface area contributed by atoms with Crippen LogP contribution in [0, 0.1) is 0 Å².